The smallest absolute Gasteiger partial charge is 0.0794 e. The Morgan fingerprint density at radius 3 is 1.32 bits per heavy atom. The minimum atomic E-state index is 1.00. The van der Waals surface area contributed by atoms with E-state index in [0.717, 1.165) is 22.5 Å². The fraction of sp³-hybridized carbons (Fsp3) is 0. The molecule has 0 spiro atoms. The Labute approximate surface area is 306 Å². The third-order valence-electron chi connectivity index (χ3n) is 11.0. The second kappa shape index (κ2) is 11.8. The van der Waals surface area contributed by atoms with Gasteiger partial charge in [-0.2, -0.15) is 0 Å². The number of rotatable bonds is 4. The summed E-state index contributed by atoms with van der Waals surface area (Å²) >= 11 is 0. The van der Waals surface area contributed by atoms with E-state index < -0.39 is 0 Å². The summed E-state index contributed by atoms with van der Waals surface area (Å²) in [6.45, 7) is 0. The van der Waals surface area contributed by atoms with E-state index in [4.69, 9.17) is 4.98 Å². The second-order valence-corrected chi connectivity index (χ2v) is 13.9. The van der Waals surface area contributed by atoms with Gasteiger partial charge in [0, 0.05) is 38.2 Å². The maximum atomic E-state index is 5.39. The summed E-state index contributed by atoms with van der Waals surface area (Å²) in [4.78, 5) is 5.39. The first kappa shape index (κ1) is 29.7. The Balaban J connectivity index is 1.14. The standard InChI is InChI=1S/C51H32N2/c1-3-13-33(14-4-1)36-25-29-47-44(31-36)45-32-37(34-15-5-2-6-16-34)26-30-48(45)53(47)38-27-23-35(24-28-38)51-50-42-20-10-8-18-40(42)39-17-7-9-19-41(39)49(50)43-21-11-12-22-46(43)52-51/h1-32H. The number of nitrogens with zero attached hydrogens (tertiary/aromatic N) is 2. The van der Waals surface area contributed by atoms with E-state index in [1.165, 1.54) is 81.8 Å². The van der Waals surface area contributed by atoms with E-state index >= 15 is 0 Å². The molecule has 0 atom stereocenters. The van der Waals surface area contributed by atoms with Crippen molar-refractivity contribution in [2.45, 2.75) is 0 Å². The van der Waals surface area contributed by atoms with Gasteiger partial charge in [0.2, 0.25) is 0 Å². The van der Waals surface area contributed by atoms with Crippen molar-refractivity contribution in [3.8, 4) is 39.2 Å². The van der Waals surface area contributed by atoms with Crippen LogP contribution in [0.3, 0.4) is 0 Å². The predicted molar refractivity (Wildman–Crippen MR) is 225 cm³/mol. The highest BCUT2D eigenvalue weighted by Crippen LogP contribution is 2.43. The molecular weight excluding hydrogens is 641 g/mol. The van der Waals surface area contributed by atoms with Crippen LogP contribution in [0.2, 0.25) is 0 Å². The number of pyridine rings is 1. The van der Waals surface area contributed by atoms with Crippen molar-refractivity contribution in [1.29, 1.82) is 0 Å². The molecule has 2 nitrogen and oxygen atoms in total. The molecule has 0 saturated heterocycles. The zero-order valence-electron chi connectivity index (χ0n) is 28.9. The molecular formula is C51H32N2. The summed E-state index contributed by atoms with van der Waals surface area (Å²) in [6, 6.07) is 70.3. The topological polar surface area (TPSA) is 17.8 Å². The number of benzene rings is 9. The summed E-state index contributed by atoms with van der Waals surface area (Å²) < 4.78 is 2.41. The molecule has 0 aliphatic rings. The van der Waals surface area contributed by atoms with Crippen molar-refractivity contribution >= 4 is 65.0 Å². The number of fused-ring (bicyclic) bond motifs is 11. The molecule has 0 N–H and O–H groups in total. The van der Waals surface area contributed by atoms with Gasteiger partial charge in [-0.1, -0.05) is 152 Å². The van der Waals surface area contributed by atoms with E-state index in [9.17, 15) is 0 Å². The molecule has 0 aliphatic heterocycles. The van der Waals surface area contributed by atoms with Gasteiger partial charge < -0.3 is 4.57 Å². The molecule has 2 heterocycles. The first-order valence-electron chi connectivity index (χ1n) is 18.2. The minimum absolute atomic E-state index is 1.00. The average Bonchev–Trinajstić information content (AvgIpc) is 3.57. The molecule has 0 radical (unpaired) electrons. The Hall–Kier alpha value is -7.03. The van der Waals surface area contributed by atoms with Crippen molar-refractivity contribution in [3.63, 3.8) is 0 Å². The van der Waals surface area contributed by atoms with E-state index in [0.29, 0.717) is 0 Å². The van der Waals surface area contributed by atoms with Crippen LogP contribution >= 0.6 is 0 Å². The molecule has 11 rings (SSSR count). The van der Waals surface area contributed by atoms with Crippen LogP contribution in [0.25, 0.3) is 104 Å². The lowest BCUT2D eigenvalue weighted by Crippen LogP contribution is -1.95. The van der Waals surface area contributed by atoms with Crippen molar-refractivity contribution in [3.05, 3.63) is 194 Å². The summed E-state index contributed by atoms with van der Waals surface area (Å²) in [5.74, 6) is 0. The van der Waals surface area contributed by atoms with Crippen LogP contribution in [-0.2, 0) is 0 Å². The van der Waals surface area contributed by atoms with Crippen LogP contribution in [0.15, 0.2) is 194 Å². The molecule has 0 aliphatic carbocycles. The van der Waals surface area contributed by atoms with Gasteiger partial charge >= 0.3 is 0 Å². The van der Waals surface area contributed by atoms with Gasteiger partial charge in [-0.3, -0.25) is 0 Å². The maximum absolute atomic E-state index is 5.39. The Bertz CT molecular complexity index is 3100. The van der Waals surface area contributed by atoms with Crippen molar-refractivity contribution < 1.29 is 0 Å². The lowest BCUT2D eigenvalue weighted by atomic mass is 9.90. The van der Waals surface area contributed by atoms with Gasteiger partial charge in [-0.25, -0.2) is 4.98 Å². The molecule has 9 aromatic carbocycles. The fourth-order valence-corrected chi connectivity index (χ4v) is 8.52. The zero-order valence-corrected chi connectivity index (χ0v) is 28.9. The molecule has 0 amide bonds. The van der Waals surface area contributed by atoms with Gasteiger partial charge in [0.05, 0.1) is 22.2 Å². The van der Waals surface area contributed by atoms with E-state index in [-0.39, 0.29) is 0 Å². The van der Waals surface area contributed by atoms with Gasteiger partial charge in [-0.15, -0.1) is 0 Å². The van der Waals surface area contributed by atoms with Crippen molar-refractivity contribution in [2.75, 3.05) is 0 Å². The predicted octanol–water partition coefficient (Wildman–Crippen LogP) is 13.8. The molecule has 0 fully saturated rings. The number of aromatic nitrogens is 2. The fourth-order valence-electron chi connectivity index (χ4n) is 8.52. The second-order valence-electron chi connectivity index (χ2n) is 13.9. The SMILES string of the molecule is c1ccc(-c2ccc3c(c2)c2cc(-c4ccccc4)ccc2n3-c2ccc(-c3nc4ccccc4c4c5ccccc5c5ccccc5c34)cc2)cc1. The molecule has 0 bridgehead atoms. The summed E-state index contributed by atoms with van der Waals surface area (Å²) in [7, 11) is 0. The first-order chi connectivity index (χ1) is 26.3. The van der Waals surface area contributed by atoms with Crippen molar-refractivity contribution in [2.24, 2.45) is 0 Å². The molecule has 53 heavy (non-hydrogen) atoms. The number of hydrogen-bond acceptors (Lipinski definition) is 1. The van der Waals surface area contributed by atoms with E-state index in [2.05, 4.69) is 199 Å². The zero-order chi connectivity index (χ0) is 34.9. The van der Waals surface area contributed by atoms with Crippen LogP contribution in [0, 0.1) is 0 Å². The Morgan fingerprint density at radius 1 is 0.302 bits per heavy atom. The summed E-state index contributed by atoms with van der Waals surface area (Å²) in [6.07, 6.45) is 0. The third kappa shape index (κ3) is 4.63. The molecule has 246 valence electrons. The maximum Gasteiger partial charge on any atom is 0.0794 e. The Kier molecular flexibility index (Phi) is 6.59. The lowest BCUT2D eigenvalue weighted by molar-refractivity contribution is 1.18. The molecule has 0 saturated carbocycles. The van der Waals surface area contributed by atoms with Gasteiger partial charge in [0.1, 0.15) is 0 Å². The van der Waals surface area contributed by atoms with Gasteiger partial charge in [0.15, 0.2) is 0 Å². The number of para-hydroxylation sites is 1. The third-order valence-corrected chi connectivity index (χ3v) is 11.0. The normalized spacial score (nSPS) is 11.8. The van der Waals surface area contributed by atoms with Crippen LogP contribution in [0.4, 0.5) is 0 Å². The first-order valence-corrected chi connectivity index (χ1v) is 18.2. The molecule has 2 aromatic heterocycles. The van der Waals surface area contributed by atoms with E-state index in [1.54, 1.807) is 0 Å². The molecule has 0 unspecified atom stereocenters. The van der Waals surface area contributed by atoms with E-state index in [1.807, 2.05) is 0 Å². The summed E-state index contributed by atoms with van der Waals surface area (Å²) in [5, 5.41) is 11.1. The van der Waals surface area contributed by atoms with Crippen LogP contribution < -0.4 is 0 Å². The average molecular weight is 673 g/mol. The minimum Gasteiger partial charge on any atom is -0.309 e. The monoisotopic (exact) mass is 672 g/mol. The van der Waals surface area contributed by atoms with Crippen LogP contribution in [0.1, 0.15) is 0 Å². The molecule has 11 aromatic rings. The summed E-state index contributed by atoms with van der Waals surface area (Å²) in [5.41, 5.74) is 11.5. The largest absolute Gasteiger partial charge is 0.309 e. The van der Waals surface area contributed by atoms with Crippen LogP contribution in [-0.4, -0.2) is 9.55 Å². The quantitative estimate of drug-likeness (QED) is 0.170. The highest BCUT2D eigenvalue weighted by molar-refractivity contribution is 6.33. The molecule has 2 heteroatoms. The highest BCUT2D eigenvalue weighted by Gasteiger charge is 2.19. The van der Waals surface area contributed by atoms with Crippen molar-refractivity contribution in [1.82, 2.24) is 9.55 Å². The number of hydrogen-bond donors (Lipinski definition) is 0. The van der Waals surface area contributed by atoms with Gasteiger partial charge in [-0.05, 0) is 86.3 Å². The van der Waals surface area contributed by atoms with Gasteiger partial charge in [0.25, 0.3) is 0 Å². The van der Waals surface area contributed by atoms with Crippen LogP contribution in [0.5, 0.6) is 0 Å². The Morgan fingerprint density at radius 2 is 0.755 bits per heavy atom. The lowest BCUT2D eigenvalue weighted by Gasteiger charge is -2.16. The highest BCUT2D eigenvalue weighted by atomic mass is 15.0.